The molecule has 0 bridgehead atoms. The van der Waals surface area contributed by atoms with E-state index in [0.717, 1.165) is 31.3 Å². The molecule has 1 aliphatic heterocycles. The smallest absolute Gasteiger partial charge is 0.434 e. The molecule has 9 heteroatoms. The van der Waals surface area contributed by atoms with Crippen molar-refractivity contribution in [3.8, 4) is 5.88 Å². The number of likely N-dealkylation sites (tertiary alicyclic amines) is 1. The largest absolute Gasteiger partial charge is 0.480 e. The van der Waals surface area contributed by atoms with Crippen molar-refractivity contribution in [1.82, 2.24) is 24.6 Å². The number of methoxy groups -OCH3 is 1. The molecule has 0 amide bonds. The Labute approximate surface area is 143 Å². The number of ether oxygens (including phenoxy) is 1. The van der Waals surface area contributed by atoms with Crippen LogP contribution in [0.15, 0.2) is 18.3 Å². The number of halogens is 3. The van der Waals surface area contributed by atoms with Crippen molar-refractivity contribution in [2.45, 2.75) is 31.5 Å². The first kappa shape index (κ1) is 17.7. The lowest BCUT2D eigenvalue weighted by atomic mass is 9.97. The van der Waals surface area contributed by atoms with Gasteiger partial charge in [0.05, 0.1) is 12.8 Å². The minimum absolute atomic E-state index is 0.0268. The van der Waals surface area contributed by atoms with E-state index in [1.54, 1.807) is 13.1 Å². The van der Waals surface area contributed by atoms with Crippen LogP contribution < -0.4 is 4.74 Å². The van der Waals surface area contributed by atoms with Gasteiger partial charge in [0.25, 0.3) is 0 Å². The van der Waals surface area contributed by atoms with Crippen molar-refractivity contribution in [3.63, 3.8) is 0 Å². The first-order valence-electron chi connectivity index (χ1n) is 8.06. The van der Waals surface area contributed by atoms with Crippen molar-refractivity contribution in [2.24, 2.45) is 7.05 Å². The molecule has 2 aromatic rings. The first-order chi connectivity index (χ1) is 11.9. The molecule has 0 radical (unpaired) electrons. The highest BCUT2D eigenvalue weighted by Crippen LogP contribution is 2.32. The third kappa shape index (κ3) is 4.09. The van der Waals surface area contributed by atoms with Crippen LogP contribution in [0.25, 0.3) is 0 Å². The van der Waals surface area contributed by atoms with Gasteiger partial charge in [-0.2, -0.15) is 18.3 Å². The van der Waals surface area contributed by atoms with Gasteiger partial charge < -0.3 is 9.30 Å². The number of alkyl halides is 3. The number of aromatic nitrogens is 4. The fourth-order valence-electron chi connectivity index (χ4n) is 3.18. The van der Waals surface area contributed by atoms with Gasteiger partial charge in [-0.05, 0) is 25.5 Å². The normalized spacial score (nSPS) is 19.2. The lowest BCUT2D eigenvalue weighted by molar-refractivity contribution is -0.141. The van der Waals surface area contributed by atoms with Gasteiger partial charge in [0, 0.05) is 38.3 Å². The Morgan fingerprint density at radius 3 is 2.68 bits per heavy atom. The molecule has 0 N–H and O–H groups in total. The predicted molar refractivity (Wildman–Crippen MR) is 84.0 cm³/mol. The molecule has 0 saturated carbocycles. The summed E-state index contributed by atoms with van der Waals surface area (Å²) in [6.45, 7) is 2.13. The van der Waals surface area contributed by atoms with Gasteiger partial charge in [0.1, 0.15) is 5.82 Å². The maximum atomic E-state index is 12.9. The van der Waals surface area contributed by atoms with Gasteiger partial charge in [-0.25, -0.2) is 4.98 Å². The number of piperidine rings is 1. The third-order valence-electron chi connectivity index (χ3n) is 4.36. The molecule has 0 aromatic carbocycles. The summed E-state index contributed by atoms with van der Waals surface area (Å²) in [6.07, 6.45) is -1.62. The maximum Gasteiger partial charge on any atom is 0.434 e. The Bertz CT molecular complexity index is 714. The molecule has 0 aliphatic carbocycles. The summed E-state index contributed by atoms with van der Waals surface area (Å²) in [4.78, 5) is 6.01. The molecule has 136 valence electrons. The van der Waals surface area contributed by atoms with Crippen LogP contribution >= 0.6 is 0 Å². The highest BCUT2D eigenvalue weighted by atomic mass is 19.4. The Morgan fingerprint density at radius 2 is 2.08 bits per heavy atom. The van der Waals surface area contributed by atoms with Crippen LogP contribution in [-0.2, 0) is 19.8 Å². The van der Waals surface area contributed by atoms with Crippen molar-refractivity contribution >= 4 is 0 Å². The molecule has 0 unspecified atom stereocenters. The van der Waals surface area contributed by atoms with Crippen molar-refractivity contribution in [1.29, 1.82) is 0 Å². The second-order valence-corrected chi connectivity index (χ2v) is 6.23. The zero-order valence-corrected chi connectivity index (χ0v) is 14.1. The van der Waals surface area contributed by atoms with Crippen LogP contribution in [-0.4, -0.2) is 44.8 Å². The molecule has 1 atom stereocenters. The third-order valence-corrected chi connectivity index (χ3v) is 4.36. The second-order valence-electron chi connectivity index (χ2n) is 6.23. The number of aryl methyl sites for hydroxylation is 1. The summed E-state index contributed by atoms with van der Waals surface area (Å²) in [7, 11) is 3.15. The molecule has 3 heterocycles. The number of imidazole rings is 1. The Hall–Kier alpha value is -2.16. The molecule has 0 spiro atoms. The molecule has 3 rings (SSSR count). The van der Waals surface area contributed by atoms with Crippen LogP contribution in [0.1, 0.15) is 36.0 Å². The number of nitrogens with zero attached hydrogens (tertiary/aromatic N) is 5. The number of rotatable bonds is 4. The van der Waals surface area contributed by atoms with Crippen LogP contribution in [0, 0.1) is 0 Å². The molecule has 1 fully saturated rings. The van der Waals surface area contributed by atoms with Crippen LogP contribution in [0.4, 0.5) is 13.2 Å². The predicted octanol–water partition coefficient (Wildman–Crippen LogP) is 2.62. The minimum atomic E-state index is -4.41. The standard InChI is InChI=1S/C16H20F3N5O/c1-23-10-13(16(17,18)19)20-15(23)11-4-3-7-24(8-11)9-12-5-6-14(25-2)22-21-12/h5-6,10-11H,3-4,7-9H2,1-2H3/t11-/m0/s1. The summed E-state index contributed by atoms with van der Waals surface area (Å²) in [5.41, 5.74) is -0.0274. The summed E-state index contributed by atoms with van der Waals surface area (Å²) >= 11 is 0. The van der Waals surface area contributed by atoms with E-state index in [1.165, 1.54) is 11.7 Å². The quantitative estimate of drug-likeness (QED) is 0.844. The number of hydrogen-bond donors (Lipinski definition) is 0. The van der Waals surface area contributed by atoms with E-state index < -0.39 is 11.9 Å². The monoisotopic (exact) mass is 355 g/mol. The minimum Gasteiger partial charge on any atom is -0.480 e. The van der Waals surface area contributed by atoms with Gasteiger partial charge in [-0.1, -0.05) is 0 Å². The molecule has 1 saturated heterocycles. The molecular weight excluding hydrogens is 335 g/mol. The van der Waals surface area contributed by atoms with Crippen molar-refractivity contribution in [2.75, 3.05) is 20.2 Å². The van der Waals surface area contributed by atoms with Gasteiger partial charge in [-0.3, -0.25) is 4.90 Å². The van der Waals surface area contributed by atoms with E-state index in [-0.39, 0.29) is 5.92 Å². The van der Waals surface area contributed by atoms with Crippen LogP contribution in [0.3, 0.4) is 0 Å². The molecule has 1 aliphatic rings. The van der Waals surface area contributed by atoms with E-state index in [1.807, 2.05) is 6.07 Å². The Balaban J connectivity index is 1.69. The topological polar surface area (TPSA) is 56.1 Å². The van der Waals surface area contributed by atoms with Gasteiger partial charge in [0.2, 0.25) is 5.88 Å². The molecule has 2 aromatic heterocycles. The first-order valence-corrected chi connectivity index (χ1v) is 8.06. The summed E-state index contributed by atoms with van der Waals surface area (Å²) in [5.74, 6) is 0.909. The zero-order chi connectivity index (χ0) is 18.0. The van der Waals surface area contributed by atoms with Crippen molar-refractivity contribution < 1.29 is 17.9 Å². The molecule has 25 heavy (non-hydrogen) atoms. The van der Waals surface area contributed by atoms with Gasteiger partial charge in [0.15, 0.2) is 5.69 Å². The Kier molecular flexibility index (Phi) is 4.94. The zero-order valence-electron chi connectivity index (χ0n) is 14.1. The highest BCUT2D eigenvalue weighted by Gasteiger charge is 2.36. The van der Waals surface area contributed by atoms with E-state index >= 15 is 0 Å². The SMILES string of the molecule is COc1ccc(CN2CCC[C@H](c3nc(C(F)(F)F)cn3C)C2)nn1. The average molecular weight is 355 g/mol. The van der Waals surface area contributed by atoms with E-state index in [9.17, 15) is 13.2 Å². The highest BCUT2D eigenvalue weighted by molar-refractivity contribution is 5.13. The lowest BCUT2D eigenvalue weighted by Crippen LogP contribution is -2.35. The van der Waals surface area contributed by atoms with E-state index in [4.69, 9.17) is 4.74 Å². The van der Waals surface area contributed by atoms with E-state index in [2.05, 4.69) is 20.1 Å². The summed E-state index contributed by atoms with van der Waals surface area (Å²) < 4.78 is 45.1. The summed E-state index contributed by atoms with van der Waals surface area (Å²) in [6, 6.07) is 3.59. The Morgan fingerprint density at radius 1 is 1.28 bits per heavy atom. The van der Waals surface area contributed by atoms with Crippen LogP contribution in [0.2, 0.25) is 0 Å². The summed E-state index contributed by atoms with van der Waals surface area (Å²) in [5, 5.41) is 8.05. The van der Waals surface area contributed by atoms with Gasteiger partial charge in [-0.15, -0.1) is 5.10 Å². The average Bonchev–Trinajstić information content (AvgIpc) is 2.98. The fourth-order valence-corrected chi connectivity index (χ4v) is 3.18. The number of hydrogen-bond acceptors (Lipinski definition) is 5. The maximum absolute atomic E-state index is 12.9. The molecular formula is C16H20F3N5O. The van der Waals surface area contributed by atoms with E-state index in [0.29, 0.717) is 24.8 Å². The van der Waals surface area contributed by atoms with Crippen LogP contribution in [0.5, 0.6) is 5.88 Å². The molecule has 6 nitrogen and oxygen atoms in total. The second kappa shape index (κ2) is 6.99. The lowest BCUT2D eigenvalue weighted by Gasteiger charge is -2.32. The van der Waals surface area contributed by atoms with Crippen molar-refractivity contribution in [3.05, 3.63) is 35.5 Å². The van der Waals surface area contributed by atoms with Gasteiger partial charge >= 0.3 is 6.18 Å². The fraction of sp³-hybridized carbons (Fsp3) is 0.562.